The van der Waals surface area contributed by atoms with E-state index in [9.17, 15) is 20.2 Å². The second-order valence-electron chi connectivity index (χ2n) is 7.32. The zero-order valence-electron chi connectivity index (χ0n) is 16.7. The van der Waals surface area contributed by atoms with Crippen molar-refractivity contribution in [3.05, 3.63) is 68.3 Å². The summed E-state index contributed by atoms with van der Waals surface area (Å²) in [5, 5.41) is 26.8. The number of nitrogens with one attached hydrogen (secondary N) is 1. The van der Waals surface area contributed by atoms with Gasteiger partial charge in [-0.15, -0.1) is 0 Å². The van der Waals surface area contributed by atoms with Gasteiger partial charge in [0.25, 0.3) is 5.69 Å². The molecule has 0 aromatic heterocycles. The Hall–Kier alpha value is -3.49. The molecule has 0 radical (unpaired) electrons. The second kappa shape index (κ2) is 9.82. The topological polar surface area (TPSA) is 120 Å². The van der Waals surface area contributed by atoms with Gasteiger partial charge in [-0.05, 0) is 48.2 Å². The summed E-state index contributed by atoms with van der Waals surface area (Å²) in [6, 6.07) is 11.0. The molecule has 30 heavy (non-hydrogen) atoms. The first-order valence-electron chi connectivity index (χ1n) is 9.87. The molecule has 0 atom stereocenters. The molecule has 0 amide bonds. The third-order valence-electron chi connectivity index (χ3n) is 5.33. The third kappa shape index (κ3) is 5.31. The largest absolute Gasteiger partial charge is 0.497 e. The van der Waals surface area contributed by atoms with Gasteiger partial charge in [0.05, 0.1) is 28.7 Å². The molecule has 1 aliphatic carbocycles. The number of methoxy groups -OCH3 is 1. The van der Waals surface area contributed by atoms with Crippen LogP contribution in [0.3, 0.4) is 0 Å². The number of hydrogen-bond donors (Lipinski definition) is 1. The molecule has 2 aromatic rings. The van der Waals surface area contributed by atoms with Crippen LogP contribution in [-0.2, 0) is 0 Å². The number of ether oxygens (including phenoxy) is 1. The molecule has 0 heterocycles. The number of hydrogen-bond acceptors (Lipinski definition) is 7. The minimum atomic E-state index is -0.661. The van der Waals surface area contributed by atoms with Crippen molar-refractivity contribution < 1.29 is 14.6 Å². The van der Waals surface area contributed by atoms with E-state index in [0.29, 0.717) is 5.92 Å². The molecule has 1 fully saturated rings. The first-order valence-corrected chi connectivity index (χ1v) is 9.87. The molecule has 0 bridgehead atoms. The maximum Gasteiger partial charge on any atom is 0.301 e. The first-order chi connectivity index (χ1) is 14.5. The fraction of sp³-hybridized carbons (Fsp3) is 0.381. The first kappa shape index (κ1) is 21.2. The van der Waals surface area contributed by atoms with Crippen molar-refractivity contribution in [3.63, 3.8) is 0 Å². The third-order valence-corrected chi connectivity index (χ3v) is 5.33. The predicted octanol–water partition coefficient (Wildman–Crippen LogP) is 5.30. The van der Waals surface area contributed by atoms with Crippen molar-refractivity contribution in [2.75, 3.05) is 12.5 Å². The van der Waals surface area contributed by atoms with Gasteiger partial charge in [0, 0.05) is 6.07 Å². The summed E-state index contributed by atoms with van der Waals surface area (Å²) in [6.07, 6.45) is 6.65. The lowest BCUT2D eigenvalue weighted by molar-refractivity contribution is -0.393. The van der Waals surface area contributed by atoms with Crippen molar-refractivity contribution in [2.24, 2.45) is 11.0 Å². The molecule has 2 aromatic carbocycles. The molecular formula is C21H24N4O5. The monoisotopic (exact) mass is 412 g/mol. The summed E-state index contributed by atoms with van der Waals surface area (Å²) in [4.78, 5) is 21.0. The van der Waals surface area contributed by atoms with Gasteiger partial charge in [-0.25, -0.2) is 0 Å². The van der Waals surface area contributed by atoms with Gasteiger partial charge >= 0.3 is 5.69 Å². The second-order valence-corrected chi connectivity index (χ2v) is 7.32. The van der Waals surface area contributed by atoms with Crippen LogP contribution in [0.2, 0.25) is 0 Å². The van der Waals surface area contributed by atoms with Crippen molar-refractivity contribution in [2.45, 2.75) is 38.5 Å². The molecule has 0 aliphatic heterocycles. The molecule has 1 saturated carbocycles. The number of benzene rings is 2. The Kier molecular flexibility index (Phi) is 6.95. The Morgan fingerprint density at radius 1 is 1.07 bits per heavy atom. The van der Waals surface area contributed by atoms with Crippen LogP contribution < -0.4 is 10.2 Å². The Morgan fingerprint density at radius 3 is 2.37 bits per heavy atom. The van der Waals surface area contributed by atoms with Gasteiger partial charge in [-0.3, -0.25) is 25.7 Å². The molecule has 1 N–H and O–H groups in total. The number of nitro groups is 2. The van der Waals surface area contributed by atoms with E-state index in [4.69, 9.17) is 4.74 Å². The average Bonchev–Trinajstić information content (AvgIpc) is 2.77. The summed E-state index contributed by atoms with van der Waals surface area (Å²) >= 11 is 0. The van der Waals surface area contributed by atoms with E-state index in [-0.39, 0.29) is 17.1 Å². The Labute approximate surface area is 174 Å². The van der Waals surface area contributed by atoms with E-state index in [1.165, 1.54) is 31.4 Å². The van der Waals surface area contributed by atoms with Gasteiger partial charge in [-0.1, -0.05) is 32.1 Å². The predicted molar refractivity (Wildman–Crippen MR) is 114 cm³/mol. The molecule has 0 saturated heterocycles. The number of nitro benzene ring substituents is 2. The molecule has 0 spiro atoms. The quantitative estimate of drug-likeness (QED) is 0.357. The smallest absolute Gasteiger partial charge is 0.301 e. The van der Waals surface area contributed by atoms with E-state index in [1.54, 1.807) is 7.11 Å². The lowest BCUT2D eigenvalue weighted by Gasteiger charge is -2.22. The highest BCUT2D eigenvalue weighted by Gasteiger charge is 2.21. The van der Waals surface area contributed by atoms with E-state index in [1.807, 2.05) is 24.3 Å². The standard InChI is InChI=1S/C21H24N4O5/c1-30-18-10-7-16(8-11-18)20(13-15-5-3-2-4-6-15)23-22-19-12-9-17(24(26)27)14-21(19)25(28)29/h7-12,14-15,22H,2-6,13H2,1H3/b23-20+. The lowest BCUT2D eigenvalue weighted by Crippen LogP contribution is -2.14. The van der Waals surface area contributed by atoms with Crippen LogP contribution in [0.25, 0.3) is 0 Å². The summed E-state index contributed by atoms with van der Waals surface area (Å²) in [5.41, 5.74) is 3.84. The number of anilines is 1. The van der Waals surface area contributed by atoms with E-state index in [2.05, 4.69) is 10.5 Å². The van der Waals surface area contributed by atoms with Crippen molar-refractivity contribution in [3.8, 4) is 5.75 Å². The molecule has 158 valence electrons. The SMILES string of the molecule is COc1ccc(/C(CC2CCCCC2)=N/Nc2ccc([N+](=O)[O-])cc2[N+](=O)[O-])cc1. The molecule has 0 unspecified atom stereocenters. The molecule has 9 heteroatoms. The Balaban J connectivity index is 1.90. The Morgan fingerprint density at radius 2 is 1.77 bits per heavy atom. The molecule has 1 aliphatic rings. The summed E-state index contributed by atoms with van der Waals surface area (Å²) in [6.45, 7) is 0. The molecule has 3 rings (SSSR count). The number of rotatable bonds is 8. The van der Waals surface area contributed by atoms with Crippen molar-refractivity contribution >= 4 is 22.8 Å². The van der Waals surface area contributed by atoms with Crippen LogP contribution in [0.15, 0.2) is 47.6 Å². The highest BCUT2D eigenvalue weighted by molar-refractivity contribution is 6.01. The van der Waals surface area contributed by atoms with Crippen molar-refractivity contribution in [1.82, 2.24) is 0 Å². The minimum absolute atomic E-state index is 0.111. The minimum Gasteiger partial charge on any atom is -0.497 e. The maximum absolute atomic E-state index is 11.4. The summed E-state index contributed by atoms with van der Waals surface area (Å²) < 4.78 is 5.22. The van der Waals surface area contributed by atoms with E-state index >= 15 is 0 Å². The van der Waals surface area contributed by atoms with Crippen LogP contribution in [0, 0.1) is 26.1 Å². The lowest BCUT2D eigenvalue weighted by atomic mass is 9.84. The average molecular weight is 412 g/mol. The number of hydrazone groups is 1. The number of nitrogens with zero attached hydrogens (tertiary/aromatic N) is 3. The fourth-order valence-electron chi connectivity index (χ4n) is 3.68. The highest BCUT2D eigenvalue weighted by Crippen LogP contribution is 2.31. The van der Waals surface area contributed by atoms with Gasteiger partial charge in [0.1, 0.15) is 11.4 Å². The van der Waals surface area contributed by atoms with Crippen LogP contribution in [0.5, 0.6) is 5.75 Å². The van der Waals surface area contributed by atoms with Crippen LogP contribution in [0.1, 0.15) is 44.1 Å². The highest BCUT2D eigenvalue weighted by atomic mass is 16.6. The van der Waals surface area contributed by atoms with E-state index < -0.39 is 9.85 Å². The van der Waals surface area contributed by atoms with Gasteiger partial charge in [0.2, 0.25) is 0 Å². The number of non-ortho nitro benzene ring substituents is 1. The van der Waals surface area contributed by atoms with Crippen LogP contribution >= 0.6 is 0 Å². The zero-order valence-corrected chi connectivity index (χ0v) is 16.7. The molecular weight excluding hydrogens is 388 g/mol. The molecule has 9 nitrogen and oxygen atoms in total. The fourth-order valence-corrected chi connectivity index (χ4v) is 3.68. The Bertz CT molecular complexity index is 937. The van der Waals surface area contributed by atoms with E-state index in [0.717, 1.165) is 42.4 Å². The zero-order chi connectivity index (χ0) is 21.5. The van der Waals surface area contributed by atoms with Crippen molar-refractivity contribution in [1.29, 1.82) is 0 Å². The van der Waals surface area contributed by atoms with Crippen LogP contribution in [0.4, 0.5) is 17.1 Å². The summed E-state index contributed by atoms with van der Waals surface area (Å²) in [7, 11) is 1.60. The summed E-state index contributed by atoms with van der Waals surface area (Å²) in [5.74, 6) is 1.24. The van der Waals surface area contributed by atoms with Crippen LogP contribution in [-0.4, -0.2) is 22.7 Å². The maximum atomic E-state index is 11.4. The van der Waals surface area contributed by atoms with Gasteiger partial charge in [0.15, 0.2) is 0 Å². The normalized spacial score (nSPS) is 14.9. The van der Waals surface area contributed by atoms with Gasteiger partial charge < -0.3 is 4.74 Å². The van der Waals surface area contributed by atoms with Gasteiger partial charge in [-0.2, -0.15) is 5.10 Å².